The fraction of sp³-hybridized carbons (Fsp3) is 0.500. The lowest BCUT2D eigenvalue weighted by atomic mass is 9.86. The van der Waals surface area contributed by atoms with Crippen LogP contribution < -0.4 is 0 Å². The van der Waals surface area contributed by atoms with E-state index < -0.39 is 11.9 Å². The van der Waals surface area contributed by atoms with Crippen molar-refractivity contribution in [3.8, 4) is 0 Å². The number of benzene rings is 1. The topological polar surface area (TPSA) is 54.4 Å². The molecule has 0 heterocycles. The van der Waals surface area contributed by atoms with Gasteiger partial charge in [0, 0.05) is 5.56 Å². The molecule has 0 radical (unpaired) electrons. The number of hydrogen-bond acceptors (Lipinski definition) is 2. The molecule has 1 N–H and O–H groups in total. The lowest BCUT2D eigenvalue weighted by Gasteiger charge is -2.17. The molecule has 1 aromatic carbocycles. The summed E-state index contributed by atoms with van der Waals surface area (Å²) < 4.78 is 0. The molecule has 1 rings (SSSR count). The predicted molar refractivity (Wildman–Crippen MR) is 75.6 cm³/mol. The fourth-order valence-corrected chi connectivity index (χ4v) is 2.53. The van der Waals surface area contributed by atoms with E-state index in [1.54, 1.807) is 0 Å². The van der Waals surface area contributed by atoms with E-state index in [0.717, 1.165) is 16.7 Å². The largest absolute Gasteiger partial charge is 0.481 e. The minimum absolute atomic E-state index is 0.177. The van der Waals surface area contributed by atoms with Crippen molar-refractivity contribution in [2.24, 2.45) is 11.8 Å². The lowest BCUT2D eigenvalue weighted by Crippen LogP contribution is -2.26. The van der Waals surface area contributed by atoms with Crippen LogP contribution in [0.5, 0.6) is 0 Å². The predicted octanol–water partition coefficient (Wildman–Crippen LogP) is 3.54. The number of carboxylic acids is 1. The number of carboxylic acid groups (broad SMARTS) is 1. The van der Waals surface area contributed by atoms with E-state index in [1.807, 2.05) is 46.8 Å². The second kappa shape index (κ2) is 6.00. The van der Waals surface area contributed by atoms with Gasteiger partial charge in [-0.15, -0.1) is 0 Å². The van der Waals surface area contributed by atoms with Gasteiger partial charge in [-0.25, -0.2) is 0 Å². The monoisotopic (exact) mass is 262 g/mol. The van der Waals surface area contributed by atoms with Crippen LogP contribution in [0.4, 0.5) is 0 Å². The van der Waals surface area contributed by atoms with Gasteiger partial charge in [0.05, 0.1) is 0 Å². The molecule has 1 atom stereocenters. The fourth-order valence-electron chi connectivity index (χ4n) is 2.53. The highest BCUT2D eigenvalue weighted by molar-refractivity contribution is 6.09. The molecule has 3 nitrogen and oxygen atoms in total. The zero-order valence-corrected chi connectivity index (χ0v) is 12.3. The van der Waals surface area contributed by atoms with Crippen molar-refractivity contribution in [2.75, 3.05) is 0 Å². The lowest BCUT2D eigenvalue weighted by molar-refractivity contribution is -0.140. The van der Waals surface area contributed by atoms with Gasteiger partial charge in [-0.1, -0.05) is 31.5 Å². The van der Waals surface area contributed by atoms with Gasteiger partial charge in [-0.3, -0.25) is 9.59 Å². The molecule has 0 aliphatic carbocycles. The van der Waals surface area contributed by atoms with Crippen molar-refractivity contribution in [1.82, 2.24) is 0 Å². The summed E-state index contributed by atoms with van der Waals surface area (Å²) in [7, 11) is 0. The van der Waals surface area contributed by atoms with E-state index in [9.17, 15) is 14.7 Å². The number of carbonyl (C=O) groups excluding carboxylic acids is 1. The third-order valence-corrected chi connectivity index (χ3v) is 3.25. The molecule has 0 aromatic heterocycles. The van der Waals surface area contributed by atoms with Crippen LogP contribution in [0, 0.1) is 32.6 Å². The summed E-state index contributed by atoms with van der Waals surface area (Å²) in [5.41, 5.74) is 3.37. The van der Waals surface area contributed by atoms with Crippen molar-refractivity contribution in [1.29, 1.82) is 0 Å². The average Bonchev–Trinajstić information content (AvgIpc) is 2.23. The molecule has 0 saturated carbocycles. The quantitative estimate of drug-likeness (QED) is 0.652. The molecule has 0 aliphatic rings. The molecular formula is C16H22O3. The van der Waals surface area contributed by atoms with E-state index in [4.69, 9.17) is 0 Å². The summed E-state index contributed by atoms with van der Waals surface area (Å²) in [5, 5.41) is 9.27. The first-order valence-corrected chi connectivity index (χ1v) is 6.59. The van der Waals surface area contributed by atoms with Gasteiger partial charge in [-0.05, 0) is 44.2 Å². The van der Waals surface area contributed by atoms with Crippen molar-refractivity contribution in [3.05, 3.63) is 34.4 Å². The summed E-state index contributed by atoms with van der Waals surface area (Å²) in [6.45, 7) is 9.55. The van der Waals surface area contributed by atoms with E-state index in [-0.39, 0.29) is 11.7 Å². The van der Waals surface area contributed by atoms with Crippen LogP contribution >= 0.6 is 0 Å². The van der Waals surface area contributed by atoms with Crippen LogP contribution in [-0.4, -0.2) is 16.9 Å². The maximum Gasteiger partial charge on any atom is 0.314 e. The number of ketones is 1. The normalized spacial score (nSPS) is 12.5. The van der Waals surface area contributed by atoms with Crippen molar-refractivity contribution < 1.29 is 14.7 Å². The Morgan fingerprint density at radius 2 is 1.58 bits per heavy atom. The van der Waals surface area contributed by atoms with E-state index in [2.05, 4.69) is 0 Å². The number of aliphatic carboxylic acids is 1. The SMILES string of the molecule is Cc1cc(C)c(C(=O)C(CC(C)C)C(=O)O)c(C)c1. The molecule has 19 heavy (non-hydrogen) atoms. The second-order valence-electron chi connectivity index (χ2n) is 5.66. The summed E-state index contributed by atoms with van der Waals surface area (Å²) in [5.74, 6) is -2.06. The van der Waals surface area contributed by atoms with Crippen molar-refractivity contribution in [2.45, 2.75) is 41.0 Å². The van der Waals surface area contributed by atoms with Gasteiger partial charge in [-0.2, -0.15) is 0 Å². The van der Waals surface area contributed by atoms with Crippen molar-refractivity contribution in [3.63, 3.8) is 0 Å². The molecule has 1 aromatic rings. The Kier molecular flexibility index (Phi) is 4.87. The maximum absolute atomic E-state index is 12.5. The Labute approximate surface area is 114 Å². The molecule has 104 valence electrons. The number of hydrogen-bond donors (Lipinski definition) is 1. The van der Waals surface area contributed by atoms with Crippen LogP contribution in [-0.2, 0) is 4.79 Å². The van der Waals surface area contributed by atoms with Gasteiger partial charge in [0.25, 0.3) is 0 Å². The maximum atomic E-state index is 12.5. The molecule has 0 bridgehead atoms. The van der Waals surface area contributed by atoms with E-state index in [1.165, 1.54) is 0 Å². The molecular weight excluding hydrogens is 240 g/mol. The van der Waals surface area contributed by atoms with E-state index >= 15 is 0 Å². The highest BCUT2D eigenvalue weighted by Crippen LogP contribution is 2.23. The van der Waals surface area contributed by atoms with Gasteiger partial charge < -0.3 is 5.11 Å². The zero-order valence-electron chi connectivity index (χ0n) is 12.3. The second-order valence-corrected chi connectivity index (χ2v) is 5.66. The third kappa shape index (κ3) is 3.66. The molecule has 0 amide bonds. The molecule has 1 unspecified atom stereocenters. The Hall–Kier alpha value is -1.64. The van der Waals surface area contributed by atoms with Gasteiger partial charge in [0.15, 0.2) is 5.78 Å². The summed E-state index contributed by atoms with van der Waals surface area (Å²) in [4.78, 5) is 23.8. The summed E-state index contributed by atoms with van der Waals surface area (Å²) in [6.07, 6.45) is 0.376. The van der Waals surface area contributed by atoms with Crippen LogP contribution in [0.15, 0.2) is 12.1 Å². The molecule has 0 spiro atoms. The van der Waals surface area contributed by atoms with Crippen LogP contribution in [0.25, 0.3) is 0 Å². The standard InChI is InChI=1S/C16H22O3/c1-9(2)6-13(16(18)19)15(17)14-11(4)7-10(3)8-12(14)5/h7-9,13H,6H2,1-5H3,(H,18,19). The van der Waals surface area contributed by atoms with Crippen LogP contribution in [0.1, 0.15) is 47.3 Å². The smallest absolute Gasteiger partial charge is 0.314 e. The minimum atomic E-state index is -1.03. The van der Waals surface area contributed by atoms with Gasteiger partial charge in [0.1, 0.15) is 5.92 Å². The van der Waals surface area contributed by atoms with Crippen molar-refractivity contribution >= 4 is 11.8 Å². The highest BCUT2D eigenvalue weighted by Gasteiger charge is 2.29. The molecule has 0 aliphatic heterocycles. The Morgan fingerprint density at radius 3 is 1.95 bits per heavy atom. The zero-order chi connectivity index (χ0) is 14.7. The Morgan fingerprint density at radius 1 is 1.11 bits per heavy atom. The number of carbonyl (C=O) groups is 2. The van der Waals surface area contributed by atoms with Gasteiger partial charge in [0.2, 0.25) is 0 Å². The molecule has 0 saturated heterocycles. The Balaban J connectivity index is 3.21. The summed E-state index contributed by atoms with van der Waals surface area (Å²) in [6, 6.07) is 3.85. The van der Waals surface area contributed by atoms with Gasteiger partial charge >= 0.3 is 5.97 Å². The molecule has 3 heteroatoms. The van der Waals surface area contributed by atoms with Crippen LogP contribution in [0.3, 0.4) is 0 Å². The first kappa shape index (κ1) is 15.4. The molecule has 0 fully saturated rings. The van der Waals surface area contributed by atoms with E-state index in [0.29, 0.717) is 12.0 Å². The first-order valence-electron chi connectivity index (χ1n) is 6.59. The van der Waals surface area contributed by atoms with Crippen LogP contribution in [0.2, 0.25) is 0 Å². The summed E-state index contributed by atoms with van der Waals surface area (Å²) >= 11 is 0. The first-order chi connectivity index (χ1) is 8.73. The number of aryl methyl sites for hydroxylation is 3. The highest BCUT2D eigenvalue weighted by atomic mass is 16.4. The third-order valence-electron chi connectivity index (χ3n) is 3.25. The number of Topliss-reactive ketones (excluding diaryl/α,β-unsaturated/α-hetero) is 1. The number of rotatable bonds is 5. The Bertz CT molecular complexity index is 478. The minimum Gasteiger partial charge on any atom is -0.481 e. The average molecular weight is 262 g/mol.